The maximum absolute atomic E-state index is 12.6. The standard InChI is InChI=1S/C19H18N2OS/c1-2-16-21-17(15-11-7-4-8-12-15)18(23-16)19(22)20-13-14-9-5-3-6-10-14/h3-12H,2,13H2,1H3,(H,20,22). The van der Waals surface area contributed by atoms with Crippen molar-refractivity contribution in [3.8, 4) is 11.3 Å². The molecule has 1 aromatic heterocycles. The van der Waals surface area contributed by atoms with Gasteiger partial charge in [0.1, 0.15) is 4.88 Å². The summed E-state index contributed by atoms with van der Waals surface area (Å²) in [6.45, 7) is 2.58. The molecule has 1 amide bonds. The molecule has 0 unspecified atom stereocenters. The first kappa shape index (κ1) is 15.4. The van der Waals surface area contributed by atoms with Gasteiger partial charge in [-0.05, 0) is 12.0 Å². The number of aryl methyl sites for hydroxylation is 1. The molecular weight excluding hydrogens is 304 g/mol. The number of hydrogen-bond acceptors (Lipinski definition) is 3. The van der Waals surface area contributed by atoms with Crippen molar-refractivity contribution in [2.75, 3.05) is 0 Å². The first-order valence-electron chi connectivity index (χ1n) is 7.65. The SMILES string of the molecule is CCc1nc(-c2ccccc2)c(C(=O)NCc2ccccc2)s1. The molecule has 0 radical (unpaired) electrons. The highest BCUT2D eigenvalue weighted by Gasteiger charge is 2.18. The fraction of sp³-hybridized carbons (Fsp3) is 0.158. The zero-order chi connectivity index (χ0) is 16.1. The Morgan fingerprint density at radius 1 is 1.04 bits per heavy atom. The van der Waals surface area contributed by atoms with E-state index in [2.05, 4.69) is 17.2 Å². The van der Waals surface area contributed by atoms with Crippen molar-refractivity contribution in [2.45, 2.75) is 19.9 Å². The van der Waals surface area contributed by atoms with Crippen molar-refractivity contribution in [1.29, 1.82) is 0 Å². The molecule has 2 aromatic carbocycles. The van der Waals surface area contributed by atoms with Crippen LogP contribution < -0.4 is 5.32 Å². The summed E-state index contributed by atoms with van der Waals surface area (Å²) in [5.74, 6) is -0.0649. The van der Waals surface area contributed by atoms with E-state index in [0.29, 0.717) is 11.4 Å². The molecule has 0 fully saturated rings. The molecule has 0 aliphatic heterocycles. The molecule has 0 saturated heterocycles. The number of amides is 1. The second kappa shape index (κ2) is 7.20. The van der Waals surface area contributed by atoms with Gasteiger partial charge in [-0.2, -0.15) is 0 Å². The number of carbonyl (C=O) groups is 1. The van der Waals surface area contributed by atoms with Gasteiger partial charge in [-0.1, -0.05) is 67.6 Å². The molecule has 0 atom stereocenters. The Balaban J connectivity index is 1.84. The molecule has 3 aromatic rings. The van der Waals surface area contributed by atoms with E-state index in [0.717, 1.165) is 28.2 Å². The van der Waals surface area contributed by atoms with Crippen molar-refractivity contribution >= 4 is 17.2 Å². The quantitative estimate of drug-likeness (QED) is 0.761. The van der Waals surface area contributed by atoms with Crippen LogP contribution >= 0.6 is 11.3 Å². The molecule has 1 heterocycles. The maximum Gasteiger partial charge on any atom is 0.263 e. The summed E-state index contributed by atoms with van der Waals surface area (Å²) in [7, 11) is 0. The van der Waals surface area contributed by atoms with E-state index in [1.54, 1.807) is 0 Å². The summed E-state index contributed by atoms with van der Waals surface area (Å²) in [6.07, 6.45) is 0.830. The Morgan fingerprint density at radius 2 is 1.70 bits per heavy atom. The van der Waals surface area contributed by atoms with Crippen molar-refractivity contribution in [3.63, 3.8) is 0 Å². The third-order valence-electron chi connectivity index (χ3n) is 3.52. The van der Waals surface area contributed by atoms with Crippen molar-refractivity contribution in [3.05, 3.63) is 76.1 Å². The summed E-state index contributed by atoms with van der Waals surface area (Å²) >= 11 is 1.47. The fourth-order valence-electron chi connectivity index (χ4n) is 2.32. The summed E-state index contributed by atoms with van der Waals surface area (Å²) in [4.78, 5) is 17.9. The number of nitrogens with zero attached hydrogens (tertiary/aromatic N) is 1. The minimum absolute atomic E-state index is 0.0649. The monoisotopic (exact) mass is 322 g/mol. The Bertz CT molecular complexity index is 782. The summed E-state index contributed by atoms with van der Waals surface area (Å²) in [6, 6.07) is 19.8. The number of thiazole rings is 1. The molecule has 116 valence electrons. The number of rotatable bonds is 5. The first-order chi connectivity index (χ1) is 11.3. The zero-order valence-corrected chi connectivity index (χ0v) is 13.8. The third kappa shape index (κ3) is 3.66. The largest absolute Gasteiger partial charge is 0.347 e. The third-order valence-corrected chi connectivity index (χ3v) is 4.72. The van der Waals surface area contributed by atoms with Gasteiger partial charge >= 0.3 is 0 Å². The molecule has 0 bridgehead atoms. The van der Waals surface area contributed by atoms with Gasteiger partial charge in [0.15, 0.2) is 0 Å². The molecule has 3 rings (SSSR count). The van der Waals surface area contributed by atoms with Gasteiger partial charge in [0.25, 0.3) is 5.91 Å². The van der Waals surface area contributed by atoms with Crippen LogP contribution in [0, 0.1) is 0 Å². The molecule has 23 heavy (non-hydrogen) atoms. The summed E-state index contributed by atoms with van der Waals surface area (Å²) < 4.78 is 0. The van der Waals surface area contributed by atoms with Crippen LogP contribution in [0.25, 0.3) is 11.3 Å². The molecule has 0 aliphatic rings. The Kier molecular flexibility index (Phi) is 4.83. The summed E-state index contributed by atoms with van der Waals surface area (Å²) in [5, 5.41) is 3.97. The maximum atomic E-state index is 12.6. The highest BCUT2D eigenvalue weighted by atomic mass is 32.1. The van der Waals surface area contributed by atoms with E-state index in [-0.39, 0.29) is 5.91 Å². The van der Waals surface area contributed by atoms with Crippen molar-refractivity contribution in [1.82, 2.24) is 10.3 Å². The van der Waals surface area contributed by atoms with Gasteiger partial charge in [-0.25, -0.2) is 4.98 Å². The number of carbonyl (C=O) groups excluding carboxylic acids is 1. The lowest BCUT2D eigenvalue weighted by Crippen LogP contribution is -2.22. The fourth-order valence-corrected chi connectivity index (χ4v) is 3.26. The minimum atomic E-state index is -0.0649. The predicted molar refractivity (Wildman–Crippen MR) is 94.5 cm³/mol. The Morgan fingerprint density at radius 3 is 2.35 bits per heavy atom. The zero-order valence-electron chi connectivity index (χ0n) is 13.0. The number of benzene rings is 2. The molecule has 1 N–H and O–H groups in total. The van der Waals surface area contributed by atoms with Crippen LogP contribution in [0.3, 0.4) is 0 Å². The number of nitrogens with one attached hydrogen (secondary N) is 1. The van der Waals surface area contributed by atoms with Crippen molar-refractivity contribution < 1.29 is 4.79 Å². The van der Waals surface area contributed by atoms with E-state index in [1.165, 1.54) is 11.3 Å². The lowest BCUT2D eigenvalue weighted by molar-refractivity contribution is 0.0955. The van der Waals surface area contributed by atoms with Crippen LogP contribution in [-0.4, -0.2) is 10.9 Å². The minimum Gasteiger partial charge on any atom is -0.347 e. The average molecular weight is 322 g/mol. The Hall–Kier alpha value is -2.46. The van der Waals surface area contributed by atoms with Crippen LogP contribution in [-0.2, 0) is 13.0 Å². The smallest absolute Gasteiger partial charge is 0.263 e. The molecule has 3 nitrogen and oxygen atoms in total. The Labute approximate surface area is 140 Å². The molecular formula is C19H18N2OS. The second-order valence-corrected chi connectivity index (χ2v) is 6.26. The number of aromatic nitrogens is 1. The molecule has 0 aliphatic carbocycles. The van der Waals surface area contributed by atoms with Crippen LogP contribution in [0.1, 0.15) is 27.2 Å². The predicted octanol–water partition coefficient (Wildman–Crippen LogP) is 4.30. The van der Waals surface area contributed by atoms with Gasteiger partial charge in [0.2, 0.25) is 0 Å². The van der Waals surface area contributed by atoms with Gasteiger partial charge in [-0.15, -0.1) is 11.3 Å². The first-order valence-corrected chi connectivity index (χ1v) is 8.47. The van der Waals surface area contributed by atoms with Crippen molar-refractivity contribution in [2.24, 2.45) is 0 Å². The van der Waals surface area contributed by atoms with Gasteiger partial charge in [-0.3, -0.25) is 4.79 Å². The van der Waals surface area contributed by atoms with E-state index >= 15 is 0 Å². The van der Waals surface area contributed by atoms with Gasteiger partial charge in [0, 0.05) is 12.1 Å². The topological polar surface area (TPSA) is 42.0 Å². The molecule has 0 spiro atoms. The van der Waals surface area contributed by atoms with Crippen LogP contribution in [0.2, 0.25) is 0 Å². The van der Waals surface area contributed by atoms with Gasteiger partial charge in [0.05, 0.1) is 10.7 Å². The molecule has 0 saturated carbocycles. The van der Waals surface area contributed by atoms with E-state index in [4.69, 9.17) is 0 Å². The van der Waals surface area contributed by atoms with Gasteiger partial charge < -0.3 is 5.32 Å². The van der Waals surface area contributed by atoms with E-state index in [9.17, 15) is 4.79 Å². The number of hydrogen-bond donors (Lipinski definition) is 1. The highest BCUT2D eigenvalue weighted by molar-refractivity contribution is 7.14. The average Bonchev–Trinajstić information content (AvgIpc) is 3.06. The van der Waals surface area contributed by atoms with E-state index in [1.807, 2.05) is 60.7 Å². The lowest BCUT2D eigenvalue weighted by Gasteiger charge is -2.05. The summed E-state index contributed by atoms with van der Waals surface area (Å²) in [5.41, 5.74) is 2.84. The van der Waals surface area contributed by atoms with E-state index < -0.39 is 0 Å². The molecule has 4 heteroatoms. The second-order valence-electron chi connectivity index (χ2n) is 5.17. The van der Waals surface area contributed by atoms with Crippen LogP contribution in [0.15, 0.2) is 60.7 Å². The van der Waals surface area contributed by atoms with Crippen LogP contribution in [0.5, 0.6) is 0 Å². The highest BCUT2D eigenvalue weighted by Crippen LogP contribution is 2.28. The van der Waals surface area contributed by atoms with Crippen LogP contribution in [0.4, 0.5) is 0 Å². The normalized spacial score (nSPS) is 10.5. The lowest BCUT2D eigenvalue weighted by atomic mass is 10.1.